The quantitative estimate of drug-likeness (QED) is 0.0306. The summed E-state index contributed by atoms with van der Waals surface area (Å²) in [7, 11) is -4.91. The molecule has 1 rings (SSSR count). The Kier molecular flexibility index (Phi) is 29.9. The van der Waals surface area contributed by atoms with Crippen molar-refractivity contribution in [3.05, 3.63) is 0 Å². The van der Waals surface area contributed by atoms with Gasteiger partial charge in [0.05, 0.1) is 18.8 Å². The van der Waals surface area contributed by atoms with Gasteiger partial charge in [0.1, 0.15) is 29.9 Å². The first-order chi connectivity index (χ1) is 25.0. The van der Waals surface area contributed by atoms with Gasteiger partial charge in [0.2, 0.25) is 0 Å². The minimum atomic E-state index is -4.91. The van der Waals surface area contributed by atoms with Gasteiger partial charge in [-0.05, 0) is 12.8 Å². The number of ketones is 2. The molecule has 0 aromatic carbocycles. The number of Topliss-reactive ketones (excluding diaryl/α,β-unsaturated/α-hetero) is 2. The third-order valence-electron chi connectivity index (χ3n) is 10.7. The second kappa shape index (κ2) is 31.5. The van der Waals surface area contributed by atoms with E-state index in [2.05, 4.69) is 13.8 Å². The highest BCUT2D eigenvalue weighted by Gasteiger charge is 2.46. The first-order valence-electron chi connectivity index (χ1n) is 21.4. The molecule has 0 aromatic heterocycles. The lowest BCUT2D eigenvalue weighted by Crippen LogP contribution is -2.56. The van der Waals surface area contributed by atoms with Crippen molar-refractivity contribution in [2.45, 2.75) is 237 Å². The highest BCUT2D eigenvalue weighted by atomic mass is 31.2. The van der Waals surface area contributed by atoms with Gasteiger partial charge in [0.15, 0.2) is 0 Å². The largest absolute Gasteiger partial charge is 0.472 e. The van der Waals surface area contributed by atoms with Gasteiger partial charge in [-0.3, -0.25) is 18.6 Å². The summed E-state index contributed by atoms with van der Waals surface area (Å²) < 4.78 is 23.0. The molecule has 0 heterocycles. The molecule has 11 heteroatoms. The molecule has 52 heavy (non-hydrogen) atoms. The molecule has 5 N–H and O–H groups in total. The van der Waals surface area contributed by atoms with Gasteiger partial charge < -0.3 is 25.3 Å². The zero-order valence-corrected chi connectivity index (χ0v) is 34.0. The molecule has 308 valence electrons. The Balaban J connectivity index is 2.48. The number of phosphoric acid groups is 1. The number of hydrogen-bond acceptors (Lipinski definition) is 9. The van der Waals surface area contributed by atoms with Crippen LogP contribution in [0.5, 0.6) is 0 Å². The SMILES string of the molecule is CCCCCCCCCCCCCCCC(=O)C[C@H](COP(=O)(O)O[C@H]1[C@@H](O)[C@@H](O)[C@H](O)C[C@H]1O)C(=O)CCCCCCCCCCCCCCC. The third kappa shape index (κ3) is 24.6. The molecule has 0 aromatic rings. The zero-order valence-electron chi connectivity index (χ0n) is 33.1. The smallest absolute Gasteiger partial charge is 0.390 e. The molecule has 0 amide bonds. The van der Waals surface area contributed by atoms with Crippen molar-refractivity contribution >= 4 is 19.4 Å². The van der Waals surface area contributed by atoms with Crippen LogP contribution >= 0.6 is 7.82 Å². The molecule has 0 spiro atoms. The molecule has 1 aliphatic carbocycles. The number of carbonyl (C=O) groups is 2. The van der Waals surface area contributed by atoms with E-state index in [4.69, 9.17) is 9.05 Å². The Hall–Kier alpha value is -0.710. The molecular weight excluding hydrogens is 683 g/mol. The van der Waals surface area contributed by atoms with Crippen molar-refractivity contribution in [1.82, 2.24) is 0 Å². The number of phosphoric ester groups is 1. The highest BCUT2D eigenvalue weighted by Crippen LogP contribution is 2.47. The van der Waals surface area contributed by atoms with Crippen molar-refractivity contribution in [3.63, 3.8) is 0 Å². The number of aliphatic hydroxyl groups is 4. The molecule has 0 radical (unpaired) electrons. The average molecular weight is 763 g/mol. The zero-order chi connectivity index (χ0) is 38.5. The molecule has 0 saturated heterocycles. The summed E-state index contributed by atoms with van der Waals surface area (Å²) in [6, 6.07) is 0. The second-order valence-electron chi connectivity index (χ2n) is 15.6. The van der Waals surface area contributed by atoms with Crippen LogP contribution in [0, 0.1) is 5.92 Å². The maximum absolute atomic E-state index is 13.3. The highest BCUT2D eigenvalue weighted by molar-refractivity contribution is 7.47. The van der Waals surface area contributed by atoms with Crippen LogP contribution in [0.4, 0.5) is 0 Å². The molecular formula is C41H79O10P. The van der Waals surface area contributed by atoms with Gasteiger partial charge in [-0.25, -0.2) is 4.57 Å². The van der Waals surface area contributed by atoms with Gasteiger partial charge in [-0.2, -0.15) is 0 Å². The lowest BCUT2D eigenvalue weighted by molar-refractivity contribution is -0.173. The lowest BCUT2D eigenvalue weighted by atomic mass is 9.87. The van der Waals surface area contributed by atoms with Crippen LogP contribution in [-0.2, 0) is 23.2 Å². The summed E-state index contributed by atoms with van der Waals surface area (Å²) in [5.74, 6) is -1.19. The third-order valence-corrected chi connectivity index (χ3v) is 11.6. The standard InChI is InChI=1S/C41H79O10P/c1-3-5-7-9-11-13-15-17-19-21-23-25-27-29-35(42)31-34(33-50-52(48,49)51-41-38(45)32-37(44)39(46)40(41)47)36(43)30-28-26-24-22-20-18-16-14-12-10-8-6-4-2/h34,37-41,44-47H,3-33H2,1-2H3,(H,48,49)/t34-,37-,38-,39+,40+,41-/m1/s1. The Bertz CT molecular complexity index is 933. The summed E-state index contributed by atoms with van der Waals surface area (Å²) in [5, 5.41) is 40.1. The Morgan fingerprint density at radius 2 is 0.962 bits per heavy atom. The topological polar surface area (TPSA) is 171 Å². The fourth-order valence-electron chi connectivity index (χ4n) is 7.18. The van der Waals surface area contributed by atoms with E-state index in [9.17, 15) is 39.5 Å². The van der Waals surface area contributed by atoms with E-state index in [1.54, 1.807) is 0 Å². The normalized spacial score (nSPS) is 22.3. The van der Waals surface area contributed by atoms with Gasteiger partial charge in [-0.15, -0.1) is 0 Å². The van der Waals surface area contributed by atoms with E-state index in [1.807, 2.05) is 0 Å². The van der Waals surface area contributed by atoms with Crippen LogP contribution in [0.1, 0.15) is 206 Å². The first kappa shape index (κ1) is 49.3. The van der Waals surface area contributed by atoms with Crippen molar-refractivity contribution in [3.8, 4) is 0 Å². The van der Waals surface area contributed by atoms with Crippen molar-refractivity contribution in [2.75, 3.05) is 6.61 Å². The fourth-order valence-corrected chi connectivity index (χ4v) is 8.18. The molecule has 0 bridgehead atoms. The fraction of sp³-hybridized carbons (Fsp3) is 0.951. The average Bonchev–Trinajstić information content (AvgIpc) is 3.11. The van der Waals surface area contributed by atoms with Crippen LogP contribution in [0.3, 0.4) is 0 Å². The predicted molar refractivity (Wildman–Crippen MR) is 208 cm³/mol. The van der Waals surface area contributed by atoms with Crippen LogP contribution in [0.2, 0.25) is 0 Å². The summed E-state index contributed by atoms with van der Waals surface area (Å²) in [6.45, 7) is 3.96. The van der Waals surface area contributed by atoms with Gasteiger partial charge >= 0.3 is 7.82 Å². The van der Waals surface area contributed by atoms with Crippen LogP contribution < -0.4 is 0 Å². The Labute approximate surface area is 316 Å². The van der Waals surface area contributed by atoms with E-state index >= 15 is 0 Å². The maximum Gasteiger partial charge on any atom is 0.472 e. The number of hydrogen-bond donors (Lipinski definition) is 5. The summed E-state index contributed by atoms with van der Waals surface area (Å²) >= 11 is 0. The van der Waals surface area contributed by atoms with E-state index in [-0.39, 0.29) is 30.8 Å². The lowest BCUT2D eigenvalue weighted by Gasteiger charge is -2.38. The van der Waals surface area contributed by atoms with E-state index in [0.29, 0.717) is 12.8 Å². The van der Waals surface area contributed by atoms with Crippen LogP contribution in [0.25, 0.3) is 0 Å². The molecule has 7 atom stereocenters. The second-order valence-corrected chi connectivity index (χ2v) is 17.0. The van der Waals surface area contributed by atoms with E-state index in [0.717, 1.165) is 44.9 Å². The summed E-state index contributed by atoms with van der Waals surface area (Å²) in [5.41, 5.74) is 0. The molecule has 1 unspecified atom stereocenters. The number of unbranched alkanes of at least 4 members (excludes halogenated alkanes) is 24. The molecule has 1 saturated carbocycles. The maximum atomic E-state index is 13.3. The van der Waals surface area contributed by atoms with E-state index in [1.165, 1.54) is 116 Å². The summed E-state index contributed by atoms with van der Waals surface area (Å²) in [4.78, 5) is 36.6. The number of carbonyl (C=O) groups excluding carboxylic acids is 2. The van der Waals surface area contributed by atoms with Gasteiger partial charge in [0.25, 0.3) is 0 Å². The molecule has 10 nitrogen and oxygen atoms in total. The van der Waals surface area contributed by atoms with Crippen LogP contribution in [-0.4, -0.2) is 74.0 Å². The van der Waals surface area contributed by atoms with Crippen molar-refractivity contribution < 1.29 is 48.5 Å². The molecule has 0 aliphatic heterocycles. The van der Waals surface area contributed by atoms with Crippen LogP contribution in [0.15, 0.2) is 0 Å². The monoisotopic (exact) mass is 763 g/mol. The molecule has 1 aliphatic rings. The van der Waals surface area contributed by atoms with Crippen molar-refractivity contribution in [2.24, 2.45) is 5.92 Å². The number of aliphatic hydroxyl groups excluding tert-OH is 4. The van der Waals surface area contributed by atoms with Gasteiger partial charge in [0, 0.05) is 31.6 Å². The molecule has 1 fully saturated rings. The minimum Gasteiger partial charge on any atom is -0.390 e. The first-order valence-corrected chi connectivity index (χ1v) is 22.9. The summed E-state index contributed by atoms with van der Waals surface area (Å²) in [6.07, 6.45) is 23.0. The van der Waals surface area contributed by atoms with E-state index < -0.39 is 50.9 Å². The predicted octanol–water partition coefficient (Wildman–Crippen LogP) is 9.44. The number of rotatable bonds is 36. The Morgan fingerprint density at radius 3 is 1.38 bits per heavy atom. The Morgan fingerprint density at radius 1 is 0.577 bits per heavy atom. The van der Waals surface area contributed by atoms with Crippen molar-refractivity contribution in [1.29, 1.82) is 0 Å². The van der Waals surface area contributed by atoms with Gasteiger partial charge in [-0.1, -0.05) is 168 Å². The minimum absolute atomic E-state index is 0.0840.